The molecule has 3 N–H and O–H groups in total. The van der Waals surface area contributed by atoms with Gasteiger partial charge in [-0.05, 0) is 19.1 Å². The van der Waals surface area contributed by atoms with Crippen molar-refractivity contribution in [1.29, 1.82) is 0 Å². The van der Waals surface area contributed by atoms with Gasteiger partial charge in [-0.1, -0.05) is 12.2 Å². The number of anilines is 1. The summed E-state index contributed by atoms with van der Waals surface area (Å²) in [5.74, 6) is 0.767. The molecule has 0 radical (unpaired) electrons. The quantitative estimate of drug-likeness (QED) is 0.828. The third-order valence-electron chi connectivity index (χ3n) is 2.14. The van der Waals surface area contributed by atoms with Crippen LogP contribution in [0.25, 0.3) is 0 Å². The van der Waals surface area contributed by atoms with Crippen molar-refractivity contribution < 1.29 is 0 Å². The molecule has 0 saturated carbocycles. The number of thiazole rings is 1. The Hall–Kier alpha value is -1.53. The Labute approximate surface area is 109 Å². The normalized spacial score (nSPS) is 10.2. The molecule has 0 bridgehead atoms. The van der Waals surface area contributed by atoms with E-state index in [1.54, 1.807) is 17.5 Å². The summed E-state index contributed by atoms with van der Waals surface area (Å²) in [5.41, 5.74) is 7.32. The fourth-order valence-electron chi connectivity index (χ4n) is 1.41. The first-order valence-corrected chi connectivity index (χ1v) is 6.34. The van der Waals surface area contributed by atoms with Crippen molar-refractivity contribution in [2.75, 3.05) is 5.32 Å². The van der Waals surface area contributed by atoms with Gasteiger partial charge in [0.05, 0.1) is 6.54 Å². The summed E-state index contributed by atoms with van der Waals surface area (Å²) in [6.45, 7) is 2.57. The molecule has 0 unspecified atom stereocenters. The molecular formula is C11H12N4S2. The van der Waals surface area contributed by atoms with Crippen molar-refractivity contribution in [2.24, 2.45) is 5.73 Å². The van der Waals surface area contributed by atoms with Crippen LogP contribution in [0.2, 0.25) is 0 Å². The standard InChI is InChI=1S/C11H12N4S2/c1-7-4-8(11(12)16)5-9(15-7)14-6-10-13-2-3-17-10/h2-5H,6H2,1H3,(H2,12,16)(H,14,15). The molecule has 17 heavy (non-hydrogen) atoms. The highest BCUT2D eigenvalue weighted by molar-refractivity contribution is 7.80. The smallest absolute Gasteiger partial charge is 0.127 e. The first kappa shape index (κ1) is 11.9. The second kappa shape index (κ2) is 5.20. The van der Waals surface area contributed by atoms with E-state index in [0.717, 1.165) is 22.1 Å². The molecule has 4 nitrogen and oxygen atoms in total. The molecule has 2 aromatic rings. The molecule has 6 heteroatoms. The number of aromatic nitrogens is 2. The van der Waals surface area contributed by atoms with Gasteiger partial charge in [-0.25, -0.2) is 9.97 Å². The third kappa shape index (κ3) is 3.21. The largest absolute Gasteiger partial charge is 0.389 e. The van der Waals surface area contributed by atoms with Gasteiger partial charge in [0.15, 0.2) is 0 Å². The average Bonchev–Trinajstić information content (AvgIpc) is 2.78. The summed E-state index contributed by atoms with van der Waals surface area (Å²) in [6.07, 6.45) is 1.78. The monoisotopic (exact) mass is 264 g/mol. The highest BCUT2D eigenvalue weighted by Gasteiger charge is 2.03. The van der Waals surface area contributed by atoms with E-state index < -0.39 is 0 Å². The van der Waals surface area contributed by atoms with E-state index in [-0.39, 0.29) is 0 Å². The first-order chi connectivity index (χ1) is 8.15. The molecule has 0 aliphatic heterocycles. The summed E-state index contributed by atoms with van der Waals surface area (Å²) in [6, 6.07) is 3.72. The lowest BCUT2D eigenvalue weighted by molar-refractivity contribution is 1.06. The predicted octanol–water partition coefficient (Wildman–Crippen LogP) is 2.09. The Bertz CT molecular complexity index is 522. The summed E-state index contributed by atoms with van der Waals surface area (Å²) >= 11 is 6.56. The number of thiocarbonyl (C=S) groups is 1. The fourth-order valence-corrected chi connectivity index (χ4v) is 2.08. The molecule has 0 aliphatic rings. The fraction of sp³-hybridized carbons (Fsp3) is 0.182. The van der Waals surface area contributed by atoms with Gasteiger partial charge in [0.2, 0.25) is 0 Å². The van der Waals surface area contributed by atoms with E-state index in [0.29, 0.717) is 11.5 Å². The number of nitrogens with one attached hydrogen (secondary N) is 1. The molecule has 0 fully saturated rings. The molecule has 2 rings (SSSR count). The minimum Gasteiger partial charge on any atom is -0.389 e. The van der Waals surface area contributed by atoms with Crippen LogP contribution in [0.15, 0.2) is 23.7 Å². The molecule has 0 spiro atoms. The van der Waals surface area contributed by atoms with Crippen LogP contribution in [0.5, 0.6) is 0 Å². The molecule has 2 heterocycles. The third-order valence-corrected chi connectivity index (χ3v) is 3.16. The SMILES string of the molecule is Cc1cc(C(N)=S)cc(NCc2nccs2)n1. The average molecular weight is 264 g/mol. The van der Waals surface area contributed by atoms with Crippen LogP contribution in [0.1, 0.15) is 16.3 Å². The van der Waals surface area contributed by atoms with Gasteiger partial charge in [-0.2, -0.15) is 0 Å². The van der Waals surface area contributed by atoms with Gasteiger partial charge in [0, 0.05) is 22.8 Å². The van der Waals surface area contributed by atoms with E-state index in [2.05, 4.69) is 15.3 Å². The molecule has 0 atom stereocenters. The molecule has 2 aromatic heterocycles. The Morgan fingerprint density at radius 3 is 3.00 bits per heavy atom. The van der Waals surface area contributed by atoms with Gasteiger partial charge in [-0.15, -0.1) is 11.3 Å². The highest BCUT2D eigenvalue weighted by Crippen LogP contribution is 2.12. The van der Waals surface area contributed by atoms with Crippen LogP contribution < -0.4 is 11.1 Å². The summed E-state index contributed by atoms with van der Waals surface area (Å²) in [4.78, 5) is 8.94. The number of hydrogen-bond acceptors (Lipinski definition) is 5. The van der Waals surface area contributed by atoms with E-state index in [4.69, 9.17) is 18.0 Å². The van der Waals surface area contributed by atoms with Crippen LogP contribution in [-0.4, -0.2) is 15.0 Å². The molecule has 88 valence electrons. The van der Waals surface area contributed by atoms with Gasteiger partial charge in [0.1, 0.15) is 15.8 Å². The number of hydrogen-bond donors (Lipinski definition) is 2. The Balaban J connectivity index is 2.13. The summed E-state index contributed by atoms with van der Waals surface area (Å²) in [7, 11) is 0. The Morgan fingerprint density at radius 1 is 1.53 bits per heavy atom. The molecule has 0 aromatic carbocycles. The highest BCUT2D eigenvalue weighted by atomic mass is 32.1. The first-order valence-electron chi connectivity index (χ1n) is 5.06. The maximum Gasteiger partial charge on any atom is 0.127 e. The van der Waals surface area contributed by atoms with Crippen molar-refractivity contribution >= 4 is 34.4 Å². The topological polar surface area (TPSA) is 63.8 Å². The van der Waals surface area contributed by atoms with Gasteiger partial charge < -0.3 is 11.1 Å². The van der Waals surface area contributed by atoms with Crippen LogP contribution in [0, 0.1) is 6.92 Å². The van der Waals surface area contributed by atoms with Gasteiger partial charge >= 0.3 is 0 Å². The van der Waals surface area contributed by atoms with Crippen molar-refractivity contribution in [3.8, 4) is 0 Å². The van der Waals surface area contributed by atoms with Crippen molar-refractivity contribution in [3.05, 3.63) is 40.0 Å². The van der Waals surface area contributed by atoms with E-state index in [1.807, 2.05) is 24.4 Å². The second-order valence-electron chi connectivity index (χ2n) is 3.53. The van der Waals surface area contributed by atoms with E-state index in [9.17, 15) is 0 Å². The Kier molecular flexibility index (Phi) is 3.65. The molecule has 0 aliphatic carbocycles. The second-order valence-corrected chi connectivity index (χ2v) is 4.95. The number of rotatable bonds is 4. The van der Waals surface area contributed by atoms with Crippen molar-refractivity contribution in [3.63, 3.8) is 0 Å². The predicted molar refractivity (Wildman–Crippen MR) is 74.3 cm³/mol. The summed E-state index contributed by atoms with van der Waals surface area (Å²) < 4.78 is 0. The minimum absolute atomic E-state index is 0.382. The molecular weight excluding hydrogens is 252 g/mol. The maximum absolute atomic E-state index is 5.61. The van der Waals surface area contributed by atoms with Crippen molar-refractivity contribution in [2.45, 2.75) is 13.5 Å². The zero-order chi connectivity index (χ0) is 12.3. The molecule has 0 saturated heterocycles. The van der Waals surface area contributed by atoms with Crippen LogP contribution in [0.3, 0.4) is 0 Å². The van der Waals surface area contributed by atoms with Crippen LogP contribution in [0.4, 0.5) is 5.82 Å². The lowest BCUT2D eigenvalue weighted by atomic mass is 10.2. The van der Waals surface area contributed by atoms with Gasteiger partial charge in [-0.3, -0.25) is 0 Å². The van der Waals surface area contributed by atoms with Crippen molar-refractivity contribution in [1.82, 2.24) is 9.97 Å². The number of nitrogens with two attached hydrogens (primary N) is 1. The maximum atomic E-state index is 5.61. The zero-order valence-corrected chi connectivity index (χ0v) is 10.9. The number of nitrogens with zero attached hydrogens (tertiary/aromatic N) is 2. The lowest BCUT2D eigenvalue weighted by Gasteiger charge is -2.07. The zero-order valence-electron chi connectivity index (χ0n) is 9.30. The number of pyridine rings is 1. The van der Waals surface area contributed by atoms with Crippen LogP contribution >= 0.6 is 23.6 Å². The van der Waals surface area contributed by atoms with Gasteiger partial charge in [0.25, 0.3) is 0 Å². The minimum atomic E-state index is 0.382. The molecule has 0 amide bonds. The van der Waals surface area contributed by atoms with E-state index >= 15 is 0 Å². The van der Waals surface area contributed by atoms with Crippen LogP contribution in [-0.2, 0) is 6.54 Å². The Morgan fingerprint density at radius 2 is 2.35 bits per heavy atom. The summed E-state index contributed by atoms with van der Waals surface area (Å²) in [5, 5.41) is 6.17. The van der Waals surface area contributed by atoms with E-state index in [1.165, 1.54) is 0 Å². The number of aryl methyl sites for hydroxylation is 1. The lowest BCUT2D eigenvalue weighted by Crippen LogP contribution is -2.11.